The van der Waals surface area contributed by atoms with Crippen LogP contribution < -0.4 is 0 Å². The van der Waals surface area contributed by atoms with Crippen LogP contribution in [0.15, 0.2) is 0 Å². The lowest BCUT2D eigenvalue weighted by Crippen LogP contribution is -2.41. The summed E-state index contributed by atoms with van der Waals surface area (Å²) in [6, 6.07) is 0. The van der Waals surface area contributed by atoms with E-state index in [1.807, 2.05) is 0 Å². The van der Waals surface area contributed by atoms with Crippen molar-refractivity contribution in [3.05, 3.63) is 0 Å². The first-order chi connectivity index (χ1) is 10.0. The van der Waals surface area contributed by atoms with Crippen molar-refractivity contribution in [2.45, 2.75) is 104 Å². The van der Waals surface area contributed by atoms with E-state index >= 15 is 0 Å². The normalized spacial score (nSPS) is 13.3. The number of aliphatic hydroxyl groups excluding tert-OH is 1. The average Bonchev–Trinajstić information content (AvgIpc) is 2.46. The maximum Gasteiger partial charge on any atom is 0.333 e. The highest BCUT2D eigenvalue weighted by Gasteiger charge is 2.40. The molecule has 1 unspecified atom stereocenters. The Morgan fingerprint density at radius 3 is 1.38 bits per heavy atom. The summed E-state index contributed by atoms with van der Waals surface area (Å²) in [4.78, 5) is 11.4. The number of unbranched alkanes of at least 4 members (excludes halogenated alkanes) is 6. The molecule has 1 atom stereocenters. The highest BCUT2D eigenvalue weighted by molar-refractivity contribution is 5.73. The Morgan fingerprint density at radius 1 is 0.810 bits per heavy atom. The van der Waals surface area contributed by atoms with Gasteiger partial charge < -0.3 is 10.2 Å². The number of carboxylic acid groups (broad SMARTS) is 1. The topological polar surface area (TPSA) is 57.5 Å². The lowest BCUT2D eigenvalue weighted by Gasteiger charge is -2.37. The molecule has 0 amide bonds. The van der Waals surface area contributed by atoms with Crippen molar-refractivity contribution in [2.75, 3.05) is 0 Å². The molecule has 0 heterocycles. The van der Waals surface area contributed by atoms with Crippen LogP contribution >= 0.6 is 0 Å². The van der Waals surface area contributed by atoms with Crippen molar-refractivity contribution in [3.8, 4) is 0 Å². The summed E-state index contributed by atoms with van der Waals surface area (Å²) < 4.78 is 0. The molecule has 0 fully saturated rings. The van der Waals surface area contributed by atoms with Gasteiger partial charge in [-0.25, -0.2) is 4.79 Å². The van der Waals surface area contributed by atoms with E-state index in [-0.39, 0.29) is 0 Å². The molecule has 0 rings (SSSR count). The van der Waals surface area contributed by atoms with Crippen LogP contribution in [0.1, 0.15) is 97.8 Å². The van der Waals surface area contributed by atoms with Crippen molar-refractivity contribution in [3.63, 3.8) is 0 Å². The van der Waals surface area contributed by atoms with Crippen molar-refractivity contribution in [1.82, 2.24) is 0 Å². The fourth-order valence-electron chi connectivity index (χ4n) is 3.23. The number of carboxylic acids is 1. The third kappa shape index (κ3) is 7.85. The SMILES string of the molecule is CCCCCC(CCCCC)(CCCCC)C(O)C(=O)O. The number of rotatable bonds is 14. The maximum atomic E-state index is 11.4. The van der Waals surface area contributed by atoms with Gasteiger partial charge in [-0.05, 0) is 19.3 Å². The Morgan fingerprint density at radius 2 is 1.14 bits per heavy atom. The number of aliphatic hydroxyl groups is 1. The van der Waals surface area contributed by atoms with Gasteiger partial charge in [0, 0.05) is 5.41 Å². The van der Waals surface area contributed by atoms with Crippen LogP contribution in [-0.4, -0.2) is 22.3 Å². The number of hydrogen-bond acceptors (Lipinski definition) is 2. The monoisotopic (exact) mass is 300 g/mol. The second kappa shape index (κ2) is 12.0. The molecule has 21 heavy (non-hydrogen) atoms. The Bertz CT molecular complexity index is 237. The third-order valence-electron chi connectivity index (χ3n) is 4.65. The number of aliphatic carboxylic acids is 1. The molecule has 0 radical (unpaired) electrons. The summed E-state index contributed by atoms with van der Waals surface area (Å²) in [6.07, 6.45) is 11.2. The van der Waals surface area contributed by atoms with Crippen LogP contribution in [0.5, 0.6) is 0 Å². The molecule has 126 valence electrons. The first kappa shape index (κ1) is 20.4. The summed E-state index contributed by atoms with van der Waals surface area (Å²) in [5, 5.41) is 19.7. The smallest absolute Gasteiger partial charge is 0.333 e. The standard InChI is InChI=1S/C18H36O3/c1-4-7-10-13-18(14-11-8-5-2,15-12-9-6-3)16(19)17(20)21/h16,19H,4-15H2,1-3H3,(H,20,21). The predicted octanol–water partition coefficient (Wildman–Crippen LogP) is 5.16. The van der Waals surface area contributed by atoms with Gasteiger partial charge in [0.1, 0.15) is 0 Å². The van der Waals surface area contributed by atoms with E-state index in [2.05, 4.69) is 20.8 Å². The summed E-state index contributed by atoms with van der Waals surface area (Å²) in [5.41, 5.74) is -0.411. The van der Waals surface area contributed by atoms with Crippen molar-refractivity contribution < 1.29 is 15.0 Å². The second-order valence-electron chi connectivity index (χ2n) is 6.47. The Kier molecular flexibility index (Phi) is 11.7. The molecule has 0 aliphatic heterocycles. The molecule has 0 aliphatic rings. The number of hydrogen-bond donors (Lipinski definition) is 2. The van der Waals surface area contributed by atoms with Gasteiger partial charge in [-0.15, -0.1) is 0 Å². The van der Waals surface area contributed by atoms with Gasteiger partial charge in [0.15, 0.2) is 6.10 Å². The van der Waals surface area contributed by atoms with Crippen molar-refractivity contribution in [2.24, 2.45) is 5.41 Å². The van der Waals surface area contributed by atoms with Gasteiger partial charge in [0.05, 0.1) is 0 Å². The van der Waals surface area contributed by atoms with Crippen LogP contribution in [-0.2, 0) is 4.79 Å². The van der Waals surface area contributed by atoms with Gasteiger partial charge in [0.2, 0.25) is 0 Å². The lowest BCUT2D eigenvalue weighted by molar-refractivity contribution is -0.156. The first-order valence-corrected chi connectivity index (χ1v) is 8.95. The lowest BCUT2D eigenvalue weighted by atomic mass is 9.70. The van der Waals surface area contributed by atoms with Crippen LogP contribution in [0.3, 0.4) is 0 Å². The molecule has 0 spiro atoms. The molecular formula is C18H36O3. The molecule has 0 aromatic carbocycles. The molecule has 0 aromatic heterocycles. The largest absolute Gasteiger partial charge is 0.479 e. The summed E-state index contributed by atoms with van der Waals surface area (Å²) in [6.45, 7) is 6.47. The zero-order valence-electron chi connectivity index (χ0n) is 14.4. The Hall–Kier alpha value is -0.570. The quantitative estimate of drug-likeness (QED) is 0.436. The van der Waals surface area contributed by atoms with Gasteiger partial charge in [0.25, 0.3) is 0 Å². The minimum absolute atomic E-state index is 0.411. The Balaban J connectivity index is 4.91. The number of carbonyl (C=O) groups is 1. The molecule has 3 nitrogen and oxygen atoms in total. The first-order valence-electron chi connectivity index (χ1n) is 8.95. The third-order valence-corrected chi connectivity index (χ3v) is 4.65. The molecule has 0 aliphatic carbocycles. The van der Waals surface area contributed by atoms with E-state index in [4.69, 9.17) is 0 Å². The van der Waals surface area contributed by atoms with Gasteiger partial charge in [-0.3, -0.25) is 0 Å². The van der Waals surface area contributed by atoms with Gasteiger partial charge in [-0.1, -0.05) is 78.6 Å². The van der Waals surface area contributed by atoms with Crippen molar-refractivity contribution in [1.29, 1.82) is 0 Å². The van der Waals surface area contributed by atoms with E-state index in [9.17, 15) is 15.0 Å². The Labute approximate surface area is 131 Å². The van der Waals surface area contributed by atoms with Gasteiger partial charge in [-0.2, -0.15) is 0 Å². The second-order valence-corrected chi connectivity index (χ2v) is 6.47. The zero-order valence-corrected chi connectivity index (χ0v) is 14.4. The highest BCUT2D eigenvalue weighted by atomic mass is 16.4. The summed E-state index contributed by atoms with van der Waals surface area (Å²) >= 11 is 0. The van der Waals surface area contributed by atoms with Crippen LogP contribution in [0.4, 0.5) is 0 Å². The molecule has 0 aromatic rings. The van der Waals surface area contributed by atoms with Crippen LogP contribution in [0, 0.1) is 5.41 Å². The van der Waals surface area contributed by atoms with E-state index in [1.165, 1.54) is 0 Å². The fraction of sp³-hybridized carbons (Fsp3) is 0.944. The molecule has 2 N–H and O–H groups in total. The minimum atomic E-state index is -1.21. The van der Waals surface area contributed by atoms with Crippen LogP contribution in [0.25, 0.3) is 0 Å². The average molecular weight is 300 g/mol. The minimum Gasteiger partial charge on any atom is -0.479 e. The fourth-order valence-corrected chi connectivity index (χ4v) is 3.23. The van der Waals surface area contributed by atoms with E-state index in [0.717, 1.165) is 77.0 Å². The van der Waals surface area contributed by atoms with E-state index in [0.29, 0.717) is 0 Å². The summed E-state index contributed by atoms with van der Waals surface area (Å²) in [7, 11) is 0. The van der Waals surface area contributed by atoms with Crippen LogP contribution in [0.2, 0.25) is 0 Å². The highest BCUT2D eigenvalue weighted by Crippen LogP contribution is 2.40. The summed E-state index contributed by atoms with van der Waals surface area (Å²) in [5.74, 6) is -1.04. The molecular weight excluding hydrogens is 264 g/mol. The van der Waals surface area contributed by atoms with E-state index in [1.54, 1.807) is 0 Å². The molecule has 0 bridgehead atoms. The predicted molar refractivity (Wildman–Crippen MR) is 88.5 cm³/mol. The maximum absolute atomic E-state index is 11.4. The zero-order chi connectivity index (χ0) is 16.1. The molecule has 3 heteroatoms. The van der Waals surface area contributed by atoms with E-state index < -0.39 is 17.5 Å². The van der Waals surface area contributed by atoms with Gasteiger partial charge >= 0.3 is 5.97 Å². The molecule has 0 saturated heterocycles. The molecule has 0 saturated carbocycles. The van der Waals surface area contributed by atoms with Crippen molar-refractivity contribution >= 4 is 5.97 Å².